The molecule has 12 heteroatoms. The lowest BCUT2D eigenvalue weighted by atomic mass is 9.94. The van der Waals surface area contributed by atoms with Crippen LogP contribution >= 0.6 is 15.9 Å². The van der Waals surface area contributed by atoms with Gasteiger partial charge in [-0.2, -0.15) is 10.1 Å². The smallest absolute Gasteiger partial charge is 0.338 e. The Kier molecular flexibility index (Phi) is 8.71. The molecule has 1 atom stereocenters. The van der Waals surface area contributed by atoms with Gasteiger partial charge in [-0.25, -0.2) is 9.48 Å². The summed E-state index contributed by atoms with van der Waals surface area (Å²) in [4.78, 5) is 32.3. The Labute approximate surface area is 235 Å². The molecule has 0 bridgehead atoms. The number of nitrogens with zero attached hydrogens (tertiary/aromatic N) is 4. The van der Waals surface area contributed by atoms with Crippen LogP contribution in [0.5, 0.6) is 11.5 Å². The van der Waals surface area contributed by atoms with E-state index < -0.39 is 6.04 Å². The molecule has 1 saturated heterocycles. The molecule has 11 nitrogen and oxygen atoms in total. The highest BCUT2D eigenvalue weighted by molar-refractivity contribution is 9.10. The Morgan fingerprint density at radius 2 is 1.92 bits per heavy atom. The van der Waals surface area contributed by atoms with Crippen molar-refractivity contribution in [3.63, 3.8) is 0 Å². The SMILES string of the molecule is CCOc1cc(C2C(C(=O)OC3CCCCC3)=C(C)Nc3ncnn32)cc(Br)c1OCC(=O)N1CCOCC1. The largest absolute Gasteiger partial charge is 0.490 e. The molecule has 2 aromatic rings. The lowest BCUT2D eigenvalue weighted by molar-refractivity contribution is -0.146. The van der Waals surface area contributed by atoms with Crippen molar-refractivity contribution >= 4 is 33.8 Å². The molecule has 1 unspecified atom stereocenters. The summed E-state index contributed by atoms with van der Waals surface area (Å²) in [6, 6.07) is 3.09. The second kappa shape index (κ2) is 12.4. The summed E-state index contributed by atoms with van der Waals surface area (Å²) < 4.78 is 25.5. The van der Waals surface area contributed by atoms with Crippen molar-refractivity contribution in [1.29, 1.82) is 0 Å². The molecule has 2 fully saturated rings. The predicted octanol–water partition coefficient (Wildman–Crippen LogP) is 3.84. The molecule has 1 aromatic carbocycles. The fourth-order valence-electron chi connectivity index (χ4n) is 5.25. The summed E-state index contributed by atoms with van der Waals surface area (Å²) in [6.07, 6.45) is 6.40. The zero-order valence-corrected chi connectivity index (χ0v) is 23.9. The number of fused-ring (bicyclic) bond motifs is 1. The third-order valence-corrected chi connectivity index (χ3v) is 7.78. The van der Waals surface area contributed by atoms with E-state index in [1.165, 1.54) is 12.7 Å². The maximum Gasteiger partial charge on any atom is 0.338 e. The van der Waals surface area contributed by atoms with Crippen LogP contribution in [0.2, 0.25) is 0 Å². The Hall–Kier alpha value is -3.12. The number of carbonyl (C=O) groups excluding carboxylic acids is 2. The average Bonchev–Trinajstić information content (AvgIpc) is 3.40. The van der Waals surface area contributed by atoms with Gasteiger partial charge in [-0.05, 0) is 73.2 Å². The second-order valence-corrected chi connectivity index (χ2v) is 10.7. The van der Waals surface area contributed by atoms with Gasteiger partial charge in [-0.1, -0.05) is 6.42 Å². The van der Waals surface area contributed by atoms with Crippen LogP contribution in [-0.2, 0) is 19.1 Å². The molecule has 0 radical (unpaired) electrons. The van der Waals surface area contributed by atoms with Crippen molar-refractivity contribution in [1.82, 2.24) is 19.7 Å². The molecular weight excluding hydrogens is 570 g/mol. The minimum absolute atomic E-state index is 0.0881. The van der Waals surface area contributed by atoms with Crippen molar-refractivity contribution in [2.45, 2.75) is 58.1 Å². The van der Waals surface area contributed by atoms with Gasteiger partial charge in [-0.3, -0.25) is 4.79 Å². The molecule has 1 saturated carbocycles. The number of morpholine rings is 1. The maximum absolute atomic E-state index is 13.6. The lowest BCUT2D eigenvalue weighted by Crippen LogP contribution is -2.43. The first-order valence-corrected chi connectivity index (χ1v) is 14.3. The first-order chi connectivity index (χ1) is 19.0. The summed E-state index contributed by atoms with van der Waals surface area (Å²) in [7, 11) is 0. The van der Waals surface area contributed by atoms with E-state index in [9.17, 15) is 9.59 Å². The monoisotopic (exact) mass is 603 g/mol. The van der Waals surface area contributed by atoms with Crippen molar-refractivity contribution in [3.8, 4) is 11.5 Å². The Bertz CT molecular complexity index is 1240. The topological polar surface area (TPSA) is 117 Å². The number of carbonyl (C=O) groups is 2. The highest BCUT2D eigenvalue weighted by Crippen LogP contribution is 2.43. The van der Waals surface area contributed by atoms with E-state index in [4.69, 9.17) is 18.9 Å². The molecule has 1 N–H and O–H groups in total. The van der Waals surface area contributed by atoms with E-state index in [1.807, 2.05) is 26.0 Å². The van der Waals surface area contributed by atoms with Crippen LogP contribution < -0.4 is 14.8 Å². The lowest BCUT2D eigenvalue weighted by Gasteiger charge is -2.30. The summed E-state index contributed by atoms with van der Waals surface area (Å²) in [5.74, 6) is 0.908. The highest BCUT2D eigenvalue weighted by atomic mass is 79.9. The molecule has 3 heterocycles. The van der Waals surface area contributed by atoms with Crippen LogP contribution in [0.25, 0.3) is 0 Å². The fraction of sp³-hybridized carbons (Fsp3) is 0.556. The van der Waals surface area contributed by atoms with E-state index in [0.29, 0.717) is 66.1 Å². The van der Waals surface area contributed by atoms with Gasteiger partial charge in [0.25, 0.3) is 5.91 Å². The number of halogens is 1. The van der Waals surface area contributed by atoms with Crippen LogP contribution in [0, 0.1) is 0 Å². The Morgan fingerprint density at radius 3 is 2.67 bits per heavy atom. The number of hydrogen-bond donors (Lipinski definition) is 1. The van der Waals surface area contributed by atoms with E-state index >= 15 is 0 Å². The van der Waals surface area contributed by atoms with E-state index in [0.717, 1.165) is 31.2 Å². The number of rotatable bonds is 8. The molecule has 2 aliphatic heterocycles. The molecule has 1 aliphatic carbocycles. The zero-order chi connectivity index (χ0) is 27.4. The minimum Gasteiger partial charge on any atom is -0.490 e. The number of nitrogens with one attached hydrogen (secondary N) is 1. The van der Waals surface area contributed by atoms with E-state index in [-0.39, 0.29) is 24.6 Å². The van der Waals surface area contributed by atoms with Crippen molar-refractivity contribution in [3.05, 3.63) is 39.8 Å². The number of aromatic nitrogens is 3. The van der Waals surface area contributed by atoms with Crippen LogP contribution in [0.4, 0.5) is 5.95 Å². The first-order valence-electron chi connectivity index (χ1n) is 13.5. The average molecular weight is 605 g/mol. The molecule has 1 amide bonds. The third-order valence-electron chi connectivity index (χ3n) is 7.19. The number of ether oxygens (including phenoxy) is 4. The summed E-state index contributed by atoms with van der Waals surface area (Å²) in [5.41, 5.74) is 1.86. The fourth-order valence-corrected chi connectivity index (χ4v) is 5.82. The van der Waals surface area contributed by atoms with Crippen LogP contribution in [0.1, 0.15) is 57.6 Å². The maximum atomic E-state index is 13.6. The standard InChI is InChI=1S/C27H34BrN5O6/c1-3-37-21-14-18(13-20(28)25(21)38-15-22(34)32-9-11-36-12-10-32)24-23(17(2)31-27-29-16-30-33(24)27)26(35)39-19-7-5-4-6-8-19/h13-14,16,19,24H,3-12,15H2,1-2H3,(H,29,30,31). The van der Waals surface area contributed by atoms with Gasteiger partial charge < -0.3 is 29.2 Å². The molecule has 5 rings (SSSR count). The van der Waals surface area contributed by atoms with Gasteiger partial charge >= 0.3 is 5.97 Å². The Morgan fingerprint density at radius 1 is 1.15 bits per heavy atom. The van der Waals surface area contributed by atoms with Crippen molar-refractivity contribution < 1.29 is 28.5 Å². The molecule has 39 heavy (non-hydrogen) atoms. The normalized spacial score (nSPS) is 19.8. The van der Waals surface area contributed by atoms with E-state index in [2.05, 4.69) is 31.3 Å². The summed E-state index contributed by atoms with van der Waals surface area (Å²) >= 11 is 3.62. The number of anilines is 1. The van der Waals surface area contributed by atoms with Gasteiger partial charge in [0, 0.05) is 18.8 Å². The molecule has 210 valence electrons. The number of esters is 1. The minimum atomic E-state index is -0.598. The van der Waals surface area contributed by atoms with Crippen LogP contribution in [-0.4, -0.2) is 77.2 Å². The van der Waals surface area contributed by atoms with Gasteiger partial charge in [0.05, 0.1) is 29.9 Å². The summed E-state index contributed by atoms with van der Waals surface area (Å²) in [6.45, 7) is 6.10. The van der Waals surface area contributed by atoms with Gasteiger partial charge in [-0.15, -0.1) is 0 Å². The summed E-state index contributed by atoms with van der Waals surface area (Å²) in [5, 5.41) is 7.61. The number of benzene rings is 1. The molecular formula is C27H34BrN5O6. The van der Waals surface area contributed by atoms with Crippen LogP contribution in [0.3, 0.4) is 0 Å². The molecule has 1 aromatic heterocycles. The van der Waals surface area contributed by atoms with Crippen molar-refractivity contribution in [2.24, 2.45) is 0 Å². The molecule has 3 aliphatic rings. The number of amides is 1. The quantitative estimate of drug-likeness (QED) is 0.449. The highest BCUT2D eigenvalue weighted by Gasteiger charge is 2.36. The van der Waals surface area contributed by atoms with Crippen molar-refractivity contribution in [2.75, 3.05) is 44.8 Å². The predicted molar refractivity (Wildman–Crippen MR) is 146 cm³/mol. The first kappa shape index (κ1) is 27.4. The second-order valence-electron chi connectivity index (χ2n) is 9.80. The number of allylic oxidation sites excluding steroid dienone is 1. The third kappa shape index (κ3) is 6.06. The van der Waals surface area contributed by atoms with Crippen LogP contribution in [0.15, 0.2) is 34.2 Å². The van der Waals surface area contributed by atoms with Gasteiger partial charge in [0.2, 0.25) is 5.95 Å². The molecule has 0 spiro atoms. The number of hydrogen-bond acceptors (Lipinski definition) is 9. The van der Waals surface area contributed by atoms with E-state index in [1.54, 1.807) is 9.58 Å². The van der Waals surface area contributed by atoms with Gasteiger partial charge in [0.15, 0.2) is 18.1 Å². The zero-order valence-electron chi connectivity index (χ0n) is 22.3. The van der Waals surface area contributed by atoms with Gasteiger partial charge in [0.1, 0.15) is 18.5 Å². The Balaban J connectivity index is 1.45.